The second kappa shape index (κ2) is 9.46. The normalized spacial score (nSPS) is 12.2. The Morgan fingerprint density at radius 1 is 1.25 bits per heavy atom. The summed E-state index contributed by atoms with van der Waals surface area (Å²) >= 11 is 0. The third kappa shape index (κ3) is 4.95. The maximum atomic E-state index is 13.4. The van der Waals surface area contributed by atoms with Gasteiger partial charge in [0.1, 0.15) is 5.82 Å². The molecule has 0 radical (unpaired) electrons. The molecule has 1 aromatic heterocycles. The van der Waals surface area contributed by atoms with Gasteiger partial charge in [0, 0.05) is 25.7 Å². The van der Waals surface area contributed by atoms with E-state index in [4.69, 9.17) is 4.74 Å². The Morgan fingerprint density at radius 2 is 2.07 bits per heavy atom. The average Bonchev–Trinajstić information content (AvgIpc) is 3.02. The first-order valence-electron chi connectivity index (χ1n) is 9.66. The van der Waals surface area contributed by atoms with Gasteiger partial charge in [-0.3, -0.25) is 10.1 Å². The van der Waals surface area contributed by atoms with Gasteiger partial charge in [0.15, 0.2) is 0 Å². The Balaban J connectivity index is 1.73. The Morgan fingerprint density at radius 3 is 2.86 bits per heavy atom. The molecule has 0 aliphatic heterocycles. The lowest BCUT2D eigenvalue weighted by molar-refractivity contribution is -0.119. The quantitative estimate of drug-likeness (QED) is 0.557. The second-order valence-corrected chi connectivity index (χ2v) is 6.85. The van der Waals surface area contributed by atoms with Crippen LogP contribution in [-0.2, 0) is 22.5 Å². The smallest absolute Gasteiger partial charge is 0.229 e. The van der Waals surface area contributed by atoms with Crippen LogP contribution in [-0.4, -0.2) is 28.7 Å². The van der Waals surface area contributed by atoms with Crippen LogP contribution >= 0.6 is 0 Å². The number of rotatable bonds is 9. The van der Waals surface area contributed by atoms with Gasteiger partial charge >= 0.3 is 0 Å². The lowest BCUT2D eigenvalue weighted by Crippen LogP contribution is -2.24. The fraction of sp³-hybridized carbons (Fsp3) is 0.364. The van der Waals surface area contributed by atoms with E-state index in [9.17, 15) is 9.18 Å². The maximum Gasteiger partial charge on any atom is 0.229 e. The number of aryl methyl sites for hydroxylation is 1. The zero-order valence-corrected chi connectivity index (χ0v) is 16.3. The number of fused-ring (bicyclic) bond motifs is 1. The molecular formula is C22H26FN3O2. The molecule has 0 fully saturated rings. The van der Waals surface area contributed by atoms with Crippen molar-refractivity contribution >= 4 is 22.9 Å². The van der Waals surface area contributed by atoms with E-state index < -0.39 is 0 Å². The molecule has 1 unspecified atom stereocenters. The number of hydrogen-bond acceptors (Lipinski definition) is 3. The van der Waals surface area contributed by atoms with Crippen LogP contribution < -0.4 is 5.32 Å². The summed E-state index contributed by atoms with van der Waals surface area (Å²) in [6, 6.07) is 14.2. The number of benzene rings is 2. The first-order chi connectivity index (χ1) is 13.6. The van der Waals surface area contributed by atoms with Gasteiger partial charge in [0.2, 0.25) is 11.9 Å². The summed E-state index contributed by atoms with van der Waals surface area (Å²) in [6.07, 6.45) is 1.30. The standard InChI is InChI=1S/C22H26FN3O2/c1-3-28-13-7-12-26-20-11-5-4-10-19(20)24-22(26)25-21(27)16(2)14-17-8-6-9-18(23)15-17/h4-6,8-11,15-16H,3,7,12-14H2,1-2H3,(H,24,25,27). The van der Waals surface area contributed by atoms with Crippen molar-refractivity contribution in [3.8, 4) is 0 Å². The van der Waals surface area contributed by atoms with Crippen LogP contribution in [0.25, 0.3) is 11.0 Å². The monoisotopic (exact) mass is 383 g/mol. The number of para-hydroxylation sites is 2. The van der Waals surface area contributed by atoms with Gasteiger partial charge in [0.25, 0.3) is 0 Å². The minimum atomic E-state index is -0.307. The Labute approximate surface area is 164 Å². The molecule has 0 aliphatic carbocycles. The molecule has 5 nitrogen and oxygen atoms in total. The number of carbonyl (C=O) groups excluding carboxylic acids is 1. The summed E-state index contributed by atoms with van der Waals surface area (Å²) < 4.78 is 20.8. The number of anilines is 1. The summed E-state index contributed by atoms with van der Waals surface area (Å²) in [5.74, 6) is -0.195. The van der Waals surface area contributed by atoms with E-state index in [1.807, 2.05) is 48.7 Å². The molecule has 1 atom stereocenters. The molecule has 0 bridgehead atoms. The maximum absolute atomic E-state index is 13.4. The Bertz CT molecular complexity index is 938. The number of halogens is 1. The first-order valence-corrected chi connectivity index (χ1v) is 9.66. The largest absolute Gasteiger partial charge is 0.382 e. The summed E-state index contributed by atoms with van der Waals surface area (Å²) in [6.45, 7) is 5.85. The van der Waals surface area contributed by atoms with E-state index in [1.165, 1.54) is 12.1 Å². The van der Waals surface area contributed by atoms with Crippen molar-refractivity contribution < 1.29 is 13.9 Å². The highest BCUT2D eigenvalue weighted by atomic mass is 19.1. The lowest BCUT2D eigenvalue weighted by atomic mass is 10.0. The molecular weight excluding hydrogens is 357 g/mol. The van der Waals surface area contributed by atoms with E-state index >= 15 is 0 Å². The number of nitrogens with one attached hydrogen (secondary N) is 1. The van der Waals surface area contributed by atoms with Crippen LogP contribution in [0.4, 0.5) is 10.3 Å². The van der Waals surface area contributed by atoms with E-state index in [-0.39, 0.29) is 17.6 Å². The van der Waals surface area contributed by atoms with Crippen LogP contribution in [0.5, 0.6) is 0 Å². The number of ether oxygens (including phenoxy) is 1. The molecule has 28 heavy (non-hydrogen) atoms. The SMILES string of the molecule is CCOCCCn1c(NC(=O)C(C)Cc2cccc(F)c2)nc2ccccc21. The van der Waals surface area contributed by atoms with E-state index in [0.29, 0.717) is 32.1 Å². The van der Waals surface area contributed by atoms with Crippen LogP contribution in [0.1, 0.15) is 25.8 Å². The molecule has 3 aromatic rings. The second-order valence-electron chi connectivity index (χ2n) is 6.85. The molecule has 1 heterocycles. The van der Waals surface area contributed by atoms with E-state index in [0.717, 1.165) is 23.0 Å². The number of hydrogen-bond donors (Lipinski definition) is 1. The number of carbonyl (C=O) groups is 1. The minimum absolute atomic E-state index is 0.134. The summed E-state index contributed by atoms with van der Waals surface area (Å²) in [4.78, 5) is 17.3. The van der Waals surface area contributed by atoms with Gasteiger partial charge in [-0.1, -0.05) is 31.2 Å². The third-order valence-electron chi connectivity index (χ3n) is 4.64. The first kappa shape index (κ1) is 20.0. The van der Waals surface area contributed by atoms with Crippen LogP contribution in [0.15, 0.2) is 48.5 Å². The highest BCUT2D eigenvalue weighted by Crippen LogP contribution is 2.21. The van der Waals surface area contributed by atoms with Gasteiger partial charge in [-0.05, 0) is 49.6 Å². The number of amides is 1. The van der Waals surface area contributed by atoms with Gasteiger partial charge in [-0.15, -0.1) is 0 Å². The minimum Gasteiger partial charge on any atom is -0.382 e. The lowest BCUT2D eigenvalue weighted by Gasteiger charge is -2.14. The third-order valence-corrected chi connectivity index (χ3v) is 4.64. The Kier molecular flexibility index (Phi) is 6.76. The zero-order chi connectivity index (χ0) is 19.9. The zero-order valence-electron chi connectivity index (χ0n) is 16.3. The van der Waals surface area contributed by atoms with Crippen molar-refractivity contribution in [1.29, 1.82) is 0 Å². The van der Waals surface area contributed by atoms with Crippen molar-refractivity contribution in [1.82, 2.24) is 9.55 Å². The number of nitrogens with zero attached hydrogens (tertiary/aromatic N) is 2. The highest BCUT2D eigenvalue weighted by Gasteiger charge is 2.18. The summed E-state index contributed by atoms with van der Waals surface area (Å²) in [5, 5.41) is 2.95. The van der Waals surface area contributed by atoms with Crippen molar-refractivity contribution in [3.63, 3.8) is 0 Å². The van der Waals surface area contributed by atoms with Crippen molar-refractivity contribution in [2.24, 2.45) is 5.92 Å². The molecule has 0 saturated heterocycles. The predicted molar refractivity (Wildman–Crippen MR) is 109 cm³/mol. The fourth-order valence-corrected chi connectivity index (χ4v) is 3.21. The average molecular weight is 383 g/mol. The summed E-state index contributed by atoms with van der Waals surface area (Å²) in [5.41, 5.74) is 2.62. The van der Waals surface area contributed by atoms with Crippen LogP contribution in [0, 0.1) is 11.7 Å². The van der Waals surface area contributed by atoms with Gasteiger partial charge in [0.05, 0.1) is 11.0 Å². The molecule has 0 saturated carbocycles. The van der Waals surface area contributed by atoms with Crippen LogP contribution in [0.3, 0.4) is 0 Å². The topological polar surface area (TPSA) is 56.1 Å². The molecule has 2 aromatic carbocycles. The number of imidazole rings is 1. The fourth-order valence-electron chi connectivity index (χ4n) is 3.21. The van der Waals surface area contributed by atoms with Crippen molar-refractivity contribution in [3.05, 3.63) is 59.9 Å². The van der Waals surface area contributed by atoms with Crippen molar-refractivity contribution in [2.75, 3.05) is 18.5 Å². The molecule has 6 heteroatoms. The molecule has 1 N–H and O–H groups in total. The van der Waals surface area contributed by atoms with Crippen LogP contribution in [0.2, 0.25) is 0 Å². The predicted octanol–water partition coefficient (Wildman–Crippen LogP) is 4.42. The molecule has 0 aliphatic rings. The van der Waals surface area contributed by atoms with Gasteiger partial charge in [-0.2, -0.15) is 0 Å². The van der Waals surface area contributed by atoms with Crippen molar-refractivity contribution in [2.45, 2.75) is 33.2 Å². The molecule has 3 rings (SSSR count). The summed E-state index contributed by atoms with van der Waals surface area (Å²) in [7, 11) is 0. The molecule has 0 spiro atoms. The van der Waals surface area contributed by atoms with Gasteiger partial charge < -0.3 is 9.30 Å². The highest BCUT2D eigenvalue weighted by molar-refractivity contribution is 5.93. The Hall–Kier alpha value is -2.73. The molecule has 1 amide bonds. The number of aromatic nitrogens is 2. The molecule has 148 valence electrons. The van der Waals surface area contributed by atoms with E-state index in [1.54, 1.807) is 6.07 Å². The van der Waals surface area contributed by atoms with Gasteiger partial charge in [-0.25, -0.2) is 9.37 Å². The van der Waals surface area contributed by atoms with E-state index in [2.05, 4.69) is 10.3 Å².